The lowest BCUT2D eigenvalue weighted by molar-refractivity contribution is -0.141. The fraction of sp³-hybridized carbons (Fsp3) is 0.412. The van der Waals surface area contributed by atoms with Gasteiger partial charge < -0.3 is 10.4 Å². The molecule has 1 aromatic carbocycles. The van der Waals surface area contributed by atoms with Crippen LogP contribution in [0, 0.1) is 5.92 Å². The number of H-pyrrole nitrogens is 1. The molecule has 2 rings (SSSR count). The number of aromatic nitrogens is 2. The lowest BCUT2D eigenvalue weighted by atomic mass is 10.0. The summed E-state index contributed by atoms with van der Waals surface area (Å²) >= 11 is 0. The normalized spacial score (nSPS) is 12.0. The van der Waals surface area contributed by atoms with Crippen molar-refractivity contribution in [2.75, 3.05) is 6.54 Å². The second-order valence-corrected chi connectivity index (χ2v) is 5.81. The summed E-state index contributed by atoms with van der Waals surface area (Å²) in [5.41, 5.74) is -0.588. The van der Waals surface area contributed by atoms with Gasteiger partial charge >= 0.3 is 11.7 Å². The summed E-state index contributed by atoms with van der Waals surface area (Å²) in [7, 11) is 0. The molecule has 0 aliphatic carbocycles. The second kappa shape index (κ2) is 8.27. The van der Waals surface area contributed by atoms with Crippen molar-refractivity contribution in [1.29, 1.82) is 0 Å². The van der Waals surface area contributed by atoms with Gasteiger partial charge in [0.2, 0.25) is 5.91 Å². The minimum absolute atomic E-state index is 0.00834. The van der Waals surface area contributed by atoms with Crippen LogP contribution in [0.4, 0.5) is 0 Å². The van der Waals surface area contributed by atoms with Crippen molar-refractivity contribution in [3.05, 3.63) is 45.1 Å². The van der Waals surface area contributed by atoms with Gasteiger partial charge in [-0.1, -0.05) is 25.5 Å². The molecule has 0 saturated carbocycles. The van der Waals surface area contributed by atoms with E-state index in [0.29, 0.717) is 23.7 Å². The van der Waals surface area contributed by atoms with Gasteiger partial charge in [0.1, 0.15) is 0 Å². The zero-order valence-corrected chi connectivity index (χ0v) is 13.9. The predicted molar refractivity (Wildman–Crippen MR) is 92.5 cm³/mol. The highest BCUT2D eigenvalue weighted by Crippen LogP contribution is 2.08. The SMILES string of the molecule is CCCC(CNC(=O)CCn1c(=O)[nH]c(=O)c2ccccc21)C(=O)O. The number of aromatic amines is 1. The van der Waals surface area contributed by atoms with Gasteiger partial charge in [-0.2, -0.15) is 0 Å². The lowest BCUT2D eigenvalue weighted by Crippen LogP contribution is -2.35. The molecule has 1 atom stereocenters. The average molecular weight is 347 g/mol. The van der Waals surface area contributed by atoms with Crippen molar-refractivity contribution in [3.63, 3.8) is 0 Å². The first-order valence-electron chi connectivity index (χ1n) is 8.15. The highest BCUT2D eigenvalue weighted by molar-refractivity contribution is 5.79. The highest BCUT2D eigenvalue weighted by Gasteiger charge is 2.17. The number of carbonyl (C=O) groups is 2. The molecule has 1 amide bonds. The van der Waals surface area contributed by atoms with Crippen molar-refractivity contribution in [2.45, 2.75) is 32.7 Å². The zero-order chi connectivity index (χ0) is 18.4. The molecule has 25 heavy (non-hydrogen) atoms. The van der Waals surface area contributed by atoms with Crippen molar-refractivity contribution in [1.82, 2.24) is 14.9 Å². The molecule has 0 spiro atoms. The number of benzene rings is 1. The van der Waals surface area contributed by atoms with Crippen LogP contribution in [0.15, 0.2) is 33.9 Å². The summed E-state index contributed by atoms with van der Waals surface area (Å²) in [4.78, 5) is 49.1. The number of nitrogens with one attached hydrogen (secondary N) is 2. The first-order chi connectivity index (χ1) is 11.9. The number of amides is 1. The molecule has 2 aromatic rings. The van der Waals surface area contributed by atoms with E-state index in [4.69, 9.17) is 5.11 Å². The molecule has 0 bridgehead atoms. The number of aliphatic carboxylic acids is 1. The van der Waals surface area contributed by atoms with Crippen molar-refractivity contribution in [3.8, 4) is 0 Å². The smallest absolute Gasteiger partial charge is 0.328 e. The van der Waals surface area contributed by atoms with Crippen molar-refractivity contribution in [2.24, 2.45) is 5.92 Å². The Hall–Kier alpha value is -2.90. The Kier molecular flexibility index (Phi) is 6.10. The number of fused-ring (bicyclic) bond motifs is 1. The Labute approximate surface area is 143 Å². The van der Waals surface area contributed by atoms with Crippen LogP contribution < -0.4 is 16.6 Å². The third-order valence-corrected chi connectivity index (χ3v) is 4.00. The zero-order valence-electron chi connectivity index (χ0n) is 13.9. The monoisotopic (exact) mass is 347 g/mol. The number of carboxylic acid groups (broad SMARTS) is 1. The molecule has 0 aliphatic rings. The fourth-order valence-corrected chi connectivity index (χ4v) is 2.66. The minimum Gasteiger partial charge on any atom is -0.481 e. The number of carbonyl (C=O) groups excluding carboxylic acids is 1. The van der Waals surface area contributed by atoms with Crippen LogP contribution in [0.1, 0.15) is 26.2 Å². The molecular formula is C17H21N3O5. The first-order valence-corrected chi connectivity index (χ1v) is 8.15. The maximum atomic E-state index is 12.0. The summed E-state index contributed by atoms with van der Waals surface area (Å²) < 4.78 is 1.33. The van der Waals surface area contributed by atoms with E-state index in [1.807, 2.05) is 6.92 Å². The molecule has 1 aromatic heterocycles. The average Bonchev–Trinajstić information content (AvgIpc) is 2.58. The van der Waals surface area contributed by atoms with Crippen LogP contribution in [0.5, 0.6) is 0 Å². The van der Waals surface area contributed by atoms with E-state index in [2.05, 4.69) is 10.3 Å². The number of hydrogen-bond acceptors (Lipinski definition) is 4. The van der Waals surface area contributed by atoms with Crippen LogP contribution in [0.3, 0.4) is 0 Å². The van der Waals surface area contributed by atoms with E-state index in [0.717, 1.165) is 0 Å². The van der Waals surface area contributed by atoms with Gasteiger partial charge in [-0.05, 0) is 18.6 Å². The topological polar surface area (TPSA) is 121 Å². The molecule has 8 nitrogen and oxygen atoms in total. The third-order valence-electron chi connectivity index (χ3n) is 4.00. The summed E-state index contributed by atoms with van der Waals surface area (Å²) in [6.07, 6.45) is 1.21. The first kappa shape index (κ1) is 18.4. The van der Waals surface area contributed by atoms with E-state index < -0.39 is 23.1 Å². The maximum absolute atomic E-state index is 12.0. The molecule has 1 heterocycles. The molecular weight excluding hydrogens is 326 g/mol. The number of carboxylic acids is 1. The van der Waals surface area contributed by atoms with Crippen molar-refractivity contribution < 1.29 is 14.7 Å². The summed E-state index contributed by atoms with van der Waals surface area (Å²) in [6.45, 7) is 2.03. The standard InChI is InChI=1S/C17H21N3O5/c1-2-5-11(16(23)24)10-18-14(21)8-9-20-13-7-4-3-6-12(13)15(22)19-17(20)25/h3-4,6-7,11H,2,5,8-10H2,1H3,(H,18,21)(H,23,24)(H,19,22,25). The van der Waals surface area contributed by atoms with Gasteiger partial charge in [0.25, 0.3) is 5.56 Å². The second-order valence-electron chi connectivity index (χ2n) is 5.81. The Bertz CT molecular complexity index is 884. The van der Waals surface area contributed by atoms with Gasteiger partial charge in [-0.15, -0.1) is 0 Å². The summed E-state index contributed by atoms with van der Waals surface area (Å²) in [5, 5.41) is 12.0. The van der Waals surface area contributed by atoms with E-state index in [9.17, 15) is 19.2 Å². The molecule has 0 radical (unpaired) electrons. The van der Waals surface area contributed by atoms with Gasteiger partial charge in [0, 0.05) is 19.5 Å². The highest BCUT2D eigenvalue weighted by atomic mass is 16.4. The Balaban J connectivity index is 2.05. The number of para-hydroxylation sites is 1. The van der Waals surface area contributed by atoms with Crippen LogP contribution >= 0.6 is 0 Å². The van der Waals surface area contributed by atoms with Crippen LogP contribution in [0.25, 0.3) is 10.9 Å². The van der Waals surface area contributed by atoms with Crippen LogP contribution in [-0.4, -0.2) is 33.1 Å². The van der Waals surface area contributed by atoms with Crippen LogP contribution in [0.2, 0.25) is 0 Å². The lowest BCUT2D eigenvalue weighted by Gasteiger charge is -2.13. The third kappa shape index (κ3) is 4.56. The fourth-order valence-electron chi connectivity index (χ4n) is 2.66. The van der Waals surface area contributed by atoms with Gasteiger partial charge in [-0.25, -0.2) is 4.79 Å². The van der Waals surface area contributed by atoms with Gasteiger partial charge in [0.05, 0.1) is 16.8 Å². The largest absolute Gasteiger partial charge is 0.481 e. The van der Waals surface area contributed by atoms with E-state index >= 15 is 0 Å². The predicted octanol–water partition coefficient (Wildman–Crippen LogP) is 0.697. The molecule has 0 aliphatic heterocycles. The summed E-state index contributed by atoms with van der Waals surface area (Å²) in [6, 6.07) is 6.65. The van der Waals surface area contributed by atoms with Gasteiger partial charge in [-0.3, -0.25) is 23.9 Å². The Morgan fingerprint density at radius 3 is 2.68 bits per heavy atom. The van der Waals surface area contributed by atoms with E-state index in [1.165, 1.54) is 4.57 Å². The molecule has 0 fully saturated rings. The Morgan fingerprint density at radius 1 is 1.28 bits per heavy atom. The number of aryl methyl sites for hydroxylation is 1. The van der Waals surface area contributed by atoms with E-state index in [1.54, 1.807) is 24.3 Å². The number of hydrogen-bond donors (Lipinski definition) is 3. The molecule has 0 saturated heterocycles. The van der Waals surface area contributed by atoms with E-state index in [-0.39, 0.29) is 25.4 Å². The van der Waals surface area contributed by atoms with Crippen molar-refractivity contribution >= 4 is 22.8 Å². The number of nitrogens with zero attached hydrogens (tertiary/aromatic N) is 1. The quantitative estimate of drug-likeness (QED) is 0.649. The molecule has 134 valence electrons. The molecule has 1 unspecified atom stereocenters. The van der Waals surface area contributed by atoms with Crippen LogP contribution in [-0.2, 0) is 16.1 Å². The molecule has 3 N–H and O–H groups in total. The van der Waals surface area contributed by atoms with Gasteiger partial charge in [0.15, 0.2) is 0 Å². The maximum Gasteiger partial charge on any atom is 0.328 e. The molecule has 8 heteroatoms. The Morgan fingerprint density at radius 2 is 2.00 bits per heavy atom. The number of rotatable bonds is 8. The minimum atomic E-state index is -0.940. The summed E-state index contributed by atoms with van der Waals surface area (Å²) in [5.74, 6) is -1.90.